The van der Waals surface area contributed by atoms with E-state index in [0.717, 1.165) is 34.3 Å². The third-order valence-corrected chi connectivity index (χ3v) is 6.53. The summed E-state index contributed by atoms with van der Waals surface area (Å²) in [6, 6.07) is 12.8. The molecular weight excluding hydrogens is 458 g/mol. The first-order chi connectivity index (χ1) is 16.2. The first-order valence-corrected chi connectivity index (χ1v) is 11.3. The monoisotopic (exact) mass is 480 g/mol. The van der Waals surface area contributed by atoms with Crippen LogP contribution < -0.4 is 10.6 Å². The van der Waals surface area contributed by atoms with Gasteiger partial charge in [-0.25, -0.2) is 13.5 Å². The first-order valence-electron chi connectivity index (χ1n) is 10.5. The standard InChI is InChI=1S/C25H22F2N4O2S/c1-14-11-22(30-24(32)17-5-4-6-19(27)12-17)34-23(14)25(33)29-15(2)21-13-28-31(16(21)3)20-9-7-18(26)8-10-20/h4-13,15H,1-3H3,(H,29,33)(H,30,32). The number of hydrogen-bond donors (Lipinski definition) is 2. The Morgan fingerprint density at radius 3 is 2.44 bits per heavy atom. The quantitative estimate of drug-likeness (QED) is 0.379. The van der Waals surface area contributed by atoms with E-state index in [2.05, 4.69) is 15.7 Å². The van der Waals surface area contributed by atoms with Gasteiger partial charge < -0.3 is 10.6 Å². The van der Waals surface area contributed by atoms with Gasteiger partial charge in [-0.2, -0.15) is 5.10 Å². The van der Waals surface area contributed by atoms with Crippen molar-refractivity contribution in [3.05, 3.63) is 99.7 Å². The van der Waals surface area contributed by atoms with Crippen molar-refractivity contribution in [2.24, 2.45) is 0 Å². The van der Waals surface area contributed by atoms with Crippen molar-refractivity contribution >= 4 is 28.2 Å². The predicted octanol–water partition coefficient (Wildman–Crippen LogP) is 5.57. The Balaban J connectivity index is 1.46. The van der Waals surface area contributed by atoms with E-state index in [1.165, 1.54) is 30.3 Å². The molecule has 9 heteroatoms. The summed E-state index contributed by atoms with van der Waals surface area (Å²) >= 11 is 1.15. The second kappa shape index (κ2) is 9.56. The molecule has 2 amide bonds. The van der Waals surface area contributed by atoms with Crippen molar-refractivity contribution in [3.63, 3.8) is 0 Å². The van der Waals surface area contributed by atoms with Gasteiger partial charge in [0, 0.05) is 16.8 Å². The van der Waals surface area contributed by atoms with Gasteiger partial charge in [-0.1, -0.05) is 6.07 Å². The molecular formula is C25H22F2N4O2S. The van der Waals surface area contributed by atoms with E-state index in [-0.39, 0.29) is 23.3 Å². The number of carbonyl (C=O) groups excluding carboxylic acids is 2. The van der Waals surface area contributed by atoms with Crippen LogP contribution in [0.1, 0.15) is 49.8 Å². The van der Waals surface area contributed by atoms with Crippen molar-refractivity contribution in [2.45, 2.75) is 26.8 Å². The zero-order valence-corrected chi connectivity index (χ0v) is 19.5. The molecule has 6 nitrogen and oxygen atoms in total. The van der Waals surface area contributed by atoms with Gasteiger partial charge in [-0.05, 0) is 74.9 Å². The van der Waals surface area contributed by atoms with E-state index in [1.54, 1.807) is 36.0 Å². The van der Waals surface area contributed by atoms with Crippen LogP contribution in [0.15, 0.2) is 60.8 Å². The molecule has 4 rings (SSSR count). The number of nitrogens with zero attached hydrogens (tertiary/aromatic N) is 2. The maximum absolute atomic E-state index is 13.4. The lowest BCUT2D eigenvalue weighted by molar-refractivity contribution is 0.0942. The minimum absolute atomic E-state index is 0.194. The minimum Gasteiger partial charge on any atom is -0.345 e. The van der Waals surface area contributed by atoms with Crippen molar-refractivity contribution in [1.29, 1.82) is 0 Å². The van der Waals surface area contributed by atoms with Crippen LogP contribution in [0.25, 0.3) is 5.69 Å². The molecule has 0 aliphatic rings. The van der Waals surface area contributed by atoms with Crippen LogP contribution in [-0.4, -0.2) is 21.6 Å². The van der Waals surface area contributed by atoms with Crippen LogP contribution in [0.3, 0.4) is 0 Å². The predicted molar refractivity (Wildman–Crippen MR) is 128 cm³/mol. The van der Waals surface area contributed by atoms with Gasteiger partial charge in [0.2, 0.25) is 0 Å². The maximum Gasteiger partial charge on any atom is 0.262 e. The Morgan fingerprint density at radius 2 is 1.74 bits per heavy atom. The molecule has 2 N–H and O–H groups in total. The largest absolute Gasteiger partial charge is 0.345 e. The molecule has 4 aromatic rings. The number of carbonyl (C=O) groups is 2. The number of rotatable bonds is 6. The highest BCUT2D eigenvalue weighted by Gasteiger charge is 2.20. The van der Waals surface area contributed by atoms with Gasteiger partial charge in [-0.3, -0.25) is 9.59 Å². The minimum atomic E-state index is -0.498. The number of benzene rings is 2. The van der Waals surface area contributed by atoms with E-state index in [9.17, 15) is 18.4 Å². The Bertz CT molecular complexity index is 1360. The third-order valence-electron chi connectivity index (χ3n) is 5.38. The fourth-order valence-corrected chi connectivity index (χ4v) is 4.58. The van der Waals surface area contributed by atoms with Gasteiger partial charge in [0.1, 0.15) is 11.6 Å². The molecule has 0 spiro atoms. The molecule has 0 saturated carbocycles. The lowest BCUT2D eigenvalue weighted by Gasteiger charge is -2.14. The highest BCUT2D eigenvalue weighted by molar-refractivity contribution is 7.18. The van der Waals surface area contributed by atoms with E-state index in [4.69, 9.17) is 0 Å². The van der Waals surface area contributed by atoms with Crippen LogP contribution in [0.4, 0.5) is 13.8 Å². The third kappa shape index (κ3) is 4.89. The molecule has 0 aliphatic heterocycles. The second-order valence-corrected chi connectivity index (χ2v) is 8.91. The average Bonchev–Trinajstić information content (AvgIpc) is 3.36. The Morgan fingerprint density at radius 1 is 1.00 bits per heavy atom. The summed E-state index contributed by atoms with van der Waals surface area (Å²) in [5, 5.41) is 10.6. The Kier molecular flexibility index (Phi) is 6.56. The molecule has 1 atom stereocenters. The lowest BCUT2D eigenvalue weighted by Crippen LogP contribution is -2.26. The van der Waals surface area contributed by atoms with Crippen LogP contribution >= 0.6 is 11.3 Å². The molecule has 174 valence electrons. The molecule has 0 radical (unpaired) electrons. The number of thiophene rings is 1. The molecule has 2 aromatic heterocycles. The molecule has 0 aliphatic carbocycles. The number of halogens is 2. The molecule has 0 saturated heterocycles. The SMILES string of the molecule is Cc1cc(NC(=O)c2cccc(F)c2)sc1C(=O)NC(C)c1cnn(-c2ccc(F)cc2)c1C. The summed E-state index contributed by atoms with van der Waals surface area (Å²) in [6.07, 6.45) is 1.68. The normalized spacial score (nSPS) is 11.8. The highest BCUT2D eigenvalue weighted by atomic mass is 32.1. The van der Waals surface area contributed by atoms with Gasteiger partial charge in [0.25, 0.3) is 11.8 Å². The summed E-state index contributed by atoms with van der Waals surface area (Å²) in [5.41, 5.74) is 3.27. The molecule has 0 bridgehead atoms. The van der Waals surface area contributed by atoms with Crippen molar-refractivity contribution in [1.82, 2.24) is 15.1 Å². The fourth-order valence-electron chi connectivity index (χ4n) is 3.61. The zero-order chi connectivity index (χ0) is 24.4. The summed E-state index contributed by atoms with van der Waals surface area (Å²) in [5.74, 6) is -1.56. The van der Waals surface area contributed by atoms with Crippen LogP contribution in [-0.2, 0) is 0 Å². The number of amides is 2. The first kappa shape index (κ1) is 23.3. The summed E-state index contributed by atoms with van der Waals surface area (Å²) < 4.78 is 28.3. The second-order valence-electron chi connectivity index (χ2n) is 7.86. The van der Waals surface area contributed by atoms with Gasteiger partial charge in [0.05, 0.1) is 27.8 Å². The van der Waals surface area contributed by atoms with Gasteiger partial charge in [0.15, 0.2) is 0 Å². The van der Waals surface area contributed by atoms with Crippen molar-refractivity contribution in [3.8, 4) is 5.69 Å². The maximum atomic E-state index is 13.4. The average molecular weight is 481 g/mol. The molecule has 0 fully saturated rings. The van der Waals surface area contributed by atoms with E-state index in [1.807, 2.05) is 13.8 Å². The Labute approximate surface area is 199 Å². The topological polar surface area (TPSA) is 76.0 Å². The zero-order valence-electron chi connectivity index (χ0n) is 18.7. The smallest absolute Gasteiger partial charge is 0.262 e. The van der Waals surface area contributed by atoms with Crippen LogP contribution in [0.2, 0.25) is 0 Å². The van der Waals surface area contributed by atoms with Gasteiger partial charge >= 0.3 is 0 Å². The molecule has 1 unspecified atom stereocenters. The fraction of sp³-hybridized carbons (Fsp3) is 0.160. The van der Waals surface area contributed by atoms with Crippen LogP contribution in [0, 0.1) is 25.5 Å². The van der Waals surface area contributed by atoms with Crippen molar-refractivity contribution < 1.29 is 18.4 Å². The van der Waals surface area contributed by atoms with E-state index < -0.39 is 11.7 Å². The summed E-state index contributed by atoms with van der Waals surface area (Å²) in [6.45, 7) is 5.52. The van der Waals surface area contributed by atoms with E-state index in [0.29, 0.717) is 15.4 Å². The Hall–Kier alpha value is -3.85. The number of anilines is 1. The van der Waals surface area contributed by atoms with Crippen LogP contribution in [0.5, 0.6) is 0 Å². The van der Waals surface area contributed by atoms with Crippen molar-refractivity contribution in [2.75, 3.05) is 5.32 Å². The summed E-state index contributed by atoms with van der Waals surface area (Å²) in [7, 11) is 0. The number of nitrogens with one attached hydrogen (secondary N) is 2. The number of aryl methyl sites for hydroxylation is 1. The number of hydrogen-bond acceptors (Lipinski definition) is 4. The number of aromatic nitrogens is 2. The molecule has 2 aromatic carbocycles. The lowest BCUT2D eigenvalue weighted by atomic mass is 10.1. The highest BCUT2D eigenvalue weighted by Crippen LogP contribution is 2.28. The van der Waals surface area contributed by atoms with E-state index >= 15 is 0 Å². The summed E-state index contributed by atoms with van der Waals surface area (Å²) in [4.78, 5) is 25.8. The molecule has 2 heterocycles. The molecule has 34 heavy (non-hydrogen) atoms. The van der Waals surface area contributed by atoms with Gasteiger partial charge in [-0.15, -0.1) is 11.3 Å².